The molecule has 3 N–H and O–H groups in total. The average molecular weight is 284 g/mol. The monoisotopic (exact) mass is 283 g/mol. The van der Waals surface area contributed by atoms with Crippen molar-refractivity contribution >= 4 is 17.6 Å². The Bertz CT molecular complexity index is 483. The van der Waals surface area contributed by atoms with E-state index >= 15 is 0 Å². The minimum Gasteiger partial charge on any atom is -0.481 e. The van der Waals surface area contributed by atoms with Gasteiger partial charge in [0.1, 0.15) is 0 Å². The summed E-state index contributed by atoms with van der Waals surface area (Å²) in [5.41, 5.74) is 9.01. The van der Waals surface area contributed by atoms with Gasteiger partial charge in [0.15, 0.2) is 0 Å². The lowest BCUT2D eigenvalue weighted by molar-refractivity contribution is -0.139. The lowest BCUT2D eigenvalue weighted by Gasteiger charge is -2.27. The average Bonchev–Trinajstić information content (AvgIpc) is 2.20. The van der Waals surface area contributed by atoms with Crippen molar-refractivity contribution < 1.29 is 9.90 Å². The highest BCUT2D eigenvalue weighted by Crippen LogP contribution is 2.35. The number of halogens is 1. The fourth-order valence-electron chi connectivity index (χ4n) is 2.27. The second-order valence-corrected chi connectivity index (χ2v) is 6.41. The molecule has 0 spiro atoms. The van der Waals surface area contributed by atoms with E-state index < -0.39 is 5.97 Å². The van der Waals surface area contributed by atoms with E-state index in [4.69, 9.17) is 22.4 Å². The molecule has 0 bridgehead atoms. The van der Waals surface area contributed by atoms with Gasteiger partial charge in [-0.15, -0.1) is 0 Å². The van der Waals surface area contributed by atoms with Crippen LogP contribution in [0.2, 0.25) is 5.02 Å². The maximum Gasteiger partial charge on any atom is 0.303 e. The molecule has 1 rings (SSSR count). The number of carbonyl (C=O) groups is 1. The van der Waals surface area contributed by atoms with Gasteiger partial charge in [0.05, 0.1) is 6.42 Å². The third-order valence-corrected chi connectivity index (χ3v) is 3.74. The lowest BCUT2D eigenvalue weighted by atomic mass is 9.81. The Balaban J connectivity index is 2.92. The molecule has 4 heteroatoms. The third-order valence-electron chi connectivity index (χ3n) is 3.41. The van der Waals surface area contributed by atoms with Gasteiger partial charge in [0.25, 0.3) is 0 Å². The first kappa shape index (κ1) is 16.0. The van der Waals surface area contributed by atoms with Gasteiger partial charge in [-0.3, -0.25) is 4.79 Å². The number of hydrogen-bond acceptors (Lipinski definition) is 2. The molecule has 0 aromatic heterocycles. The van der Waals surface area contributed by atoms with E-state index in [-0.39, 0.29) is 17.9 Å². The quantitative estimate of drug-likeness (QED) is 0.863. The van der Waals surface area contributed by atoms with Gasteiger partial charge in [0, 0.05) is 11.1 Å². The van der Waals surface area contributed by atoms with Crippen molar-refractivity contribution in [2.75, 3.05) is 0 Å². The second kappa shape index (κ2) is 5.93. The Hall–Kier alpha value is -1.06. The Morgan fingerprint density at radius 3 is 2.42 bits per heavy atom. The molecule has 0 amide bonds. The van der Waals surface area contributed by atoms with Crippen LogP contribution in [-0.2, 0) is 4.79 Å². The van der Waals surface area contributed by atoms with Gasteiger partial charge in [-0.05, 0) is 48.4 Å². The Labute approximate surface area is 119 Å². The Morgan fingerprint density at radius 2 is 1.89 bits per heavy atom. The van der Waals surface area contributed by atoms with Gasteiger partial charge in [-0.1, -0.05) is 31.5 Å². The summed E-state index contributed by atoms with van der Waals surface area (Å²) in [6.45, 7) is 7.85. The molecule has 0 saturated heterocycles. The summed E-state index contributed by atoms with van der Waals surface area (Å²) in [4.78, 5) is 10.8. The van der Waals surface area contributed by atoms with Crippen molar-refractivity contribution in [3.8, 4) is 0 Å². The van der Waals surface area contributed by atoms with E-state index in [0.29, 0.717) is 11.4 Å². The number of carboxylic acids is 1. The van der Waals surface area contributed by atoms with E-state index in [1.165, 1.54) is 0 Å². The Morgan fingerprint density at radius 1 is 1.37 bits per heavy atom. The standard InChI is InChI=1S/C15H22ClNO2/c1-9-5-11(12(16)6-10(9)2)13(17)7-15(3,4)8-14(18)19/h5-6,13H,7-8,17H2,1-4H3,(H,18,19). The van der Waals surface area contributed by atoms with Crippen molar-refractivity contribution in [2.24, 2.45) is 11.1 Å². The van der Waals surface area contributed by atoms with Crippen LogP contribution in [-0.4, -0.2) is 11.1 Å². The number of aliphatic carboxylic acids is 1. The van der Waals surface area contributed by atoms with Crippen LogP contribution >= 0.6 is 11.6 Å². The molecule has 0 fully saturated rings. The zero-order chi connectivity index (χ0) is 14.8. The first-order valence-electron chi connectivity index (χ1n) is 6.36. The van der Waals surface area contributed by atoms with Crippen LogP contribution in [0.15, 0.2) is 12.1 Å². The summed E-state index contributed by atoms with van der Waals surface area (Å²) in [7, 11) is 0. The number of carboxylic acid groups (broad SMARTS) is 1. The molecule has 0 radical (unpaired) electrons. The molecular formula is C15H22ClNO2. The summed E-state index contributed by atoms with van der Waals surface area (Å²) in [6.07, 6.45) is 0.685. The van der Waals surface area contributed by atoms with Crippen LogP contribution in [0.25, 0.3) is 0 Å². The summed E-state index contributed by atoms with van der Waals surface area (Å²) >= 11 is 6.23. The minimum atomic E-state index is -0.802. The maximum absolute atomic E-state index is 10.8. The van der Waals surface area contributed by atoms with Crippen molar-refractivity contribution in [1.29, 1.82) is 0 Å². The zero-order valence-electron chi connectivity index (χ0n) is 12.0. The van der Waals surface area contributed by atoms with Crippen LogP contribution in [0.4, 0.5) is 0 Å². The normalized spacial score (nSPS) is 13.4. The van der Waals surface area contributed by atoms with Crippen LogP contribution in [0.5, 0.6) is 0 Å². The molecule has 1 aromatic rings. The molecule has 0 aliphatic rings. The van der Waals surface area contributed by atoms with Gasteiger partial charge >= 0.3 is 5.97 Å². The molecule has 0 aliphatic heterocycles. The fraction of sp³-hybridized carbons (Fsp3) is 0.533. The Kier molecular flexibility index (Phi) is 4.99. The minimum absolute atomic E-state index is 0.100. The van der Waals surface area contributed by atoms with Crippen molar-refractivity contribution in [1.82, 2.24) is 0 Å². The van der Waals surface area contributed by atoms with E-state index in [0.717, 1.165) is 16.7 Å². The SMILES string of the molecule is Cc1cc(Cl)c(C(N)CC(C)(C)CC(=O)O)cc1C. The van der Waals surface area contributed by atoms with Gasteiger partial charge in [-0.2, -0.15) is 0 Å². The predicted molar refractivity (Wildman–Crippen MR) is 78.5 cm³/mol. The highest BCUT2D eigenvalue weighted by Gasteiger charge is 2.26. The first-order valence-corrected chi connectivity index (χ1v) is 6.74. The zero-order valence-corrected chi connectivity index (χ0v) is 12.7. The van der Waals surface area contributed by atoms with E-state index in [1.54, 1.807) is 0 Å². The summed E-state index contributed by atoms with van der Waals surface area (Å²) in [6, 6.07) is 3.66. The number of benzene rings is 1. The molecule has 3 nitrogen and oxygen atoms in total. The van der Waals surface area contributed by atoms with Crippen LogP contribution in [0.3, 0.4) is 0 Å². The van der Waals surface area contributed by atoms with Crippen LogP contribution in [0.1, 0.15) is 49.4 Å². The first-order chi connectivity index (χ1) is 8.62. The van der Waals surface area contributed by atoms with Crippen molar-refractivity contribution in [2.45, 2.75) is 46.6 Å². The van der Waals surface area contributed by atoms with Gasteiger partial charge < -0.3 is 10.8 Å². The van der Waals surface area contributed by atoms with E-state index in [1.807, 2.05) is 39.8 Å². The highest BCUT2D eigenvalue weighted by atomic mass is 35.5. The topological polar surface area (TPSA) is 63.3 Å². The summed E-state index contributed by atoms with van der Waals surface area (Å²) in [5, 5.41) is 9.56. The molecule has 0 saturated carbocycles. The van der Waals surface area contributed by atoms with E-state index in [9.17, 15) is 4.79 Å². The molecule has 1 aromatic carbocycles. The molecule has 106 valence electrons. The predicted octanol–water partition coefficient (Wildman–Crippen LogP) is 3.85. The molecule has 0 heterocycles. The smallest absolute Gasteiger partial charge is 0.303 e. The summed E-state index contributed by atoms with van der Waals surface area (Å²) < 4.78 is 0. The van der Waals surface area contributed by atoms with Gasteiger partial charge in [-0.25, -0.2) is 0 Å². The van der Waals surface area contributed by atoms with Crippen LogP contribution < -0.4 is 5.73 Å². The molecule has 19 heavy (non-hydrogen) atoms. The second-order valence-electron chi connectivity index (χ2n) is 6.00. The maximum atomic E-state index is 10.8. The number of hydrogen-bond donors (Lipinski definition) is 2. The van der Waals surface area contributed by atoms with E-state index in [2.05, 4.69) is 0 Å². The highest BCUT2D eigenvalue weighted by molar-refractivity contribution is 6.31. The largest absolute Gasteiger partial charge is 0.481 e. The van der Waals surface area contributed by atoms with Crippen molar-refractivity contribution in [3.63, 3.8) is 0 Å². The molecule has 1 unspecified atom stereocenters. The van der Waals surface area contributed by atoms with Crippen LogP contribution in [0, 0.1) is 19.3 Å². The fourth-order valence-corrected chi connectivity index (χ4v) is 2.63. The molecule has 1 atom stereocenters. The number of aryl methyl sites for hydroxylation is 2. The molecular weight excluding hydrogens is 262 g/mol. The van der Waals surface area contributed by atoms with Gasteiger partial charge in [0.2, 0.25) is 0 Å². The summed E-state index contributed by atoms with van der Waals surface area (Å²) in [5.74, 6) is -0.802. The van der Waals surface area contributed by atoms with Crippen molar-refractivity contribution in [3.05, 3.63) is 33.8 Å². The third kappa shape index (κ3) is 4.51. The number of nitrogens with two attached hydrogens (primary N) is 1. The number of rotatable bonds is 5. The molecule has 0 aliphatic carbocycles. The lowest BCUT2D eigenvalue weighted by Crippen LogP contribution is -2.24.